The van der Waals surface area contributed by atoms with Crippen LogP contribution in [0, 0.1) is 15.5 Å². The first-order chi connectivity index (χ1) is 15.1. The molecule has 32 heavy (non-hydrogen) atoms. The minimum atomic E-state index is -0.443. The van der Waals surface area contributed by atoms with Crippen LogP contribution in [0.4, 0.5) is 16.2 Å². The van der Waals surface area contributed by atoms with Crippen molar-refractivity contribution in [1.82, 2.24) is 9.80 Å². The normalized spacial score (nSPS) is 24.0. The Hall–Kier alpha value is -2.35. The molecule has 1 unspecified atom stereocenters. The van der Waals surface area contributed by atoms with Gasteiger partial charge in [-0.3, -0.25) is 15.0 Å². The van der Waals surface area contributed by atoms with Crippen molar-refractivity contribution in [3.63, 3.8) is 0 Å². The molecule has 0 radical (unpaired) electrons. The van der Waals surface area contributed by atoms with E-state index >= 15 is 0 Å². The molecular weight excluding hydrogens is 408 g/mol. The Bertz CT molecular complexity index is 819. The molecule has 1 aromatic carbocycles. The van der Waals surface area contributed by atoms with Gasteiger partial charge in [-0.25, -0.2) is 4.79 Å². The average molecular weight is 445 g/mol. The second kappa shape index (κ2) is 8.89. The van der Waals surface area contributed by atoms with Crippen LogP contribution in [0.1, 0.15) is 52.9 Å². The van der Waals surface area contributed by atoms with Gasteiger partial charge in [0.05, 0.1) is 4.92 Å². The highest BCUT2D eigenvalue weighted by atomic mass is 16.6. The van der Waals surface area contributed by atoms with E-state index in [0.717, 1.165) is 57.8 Å². The largest absolute Gasteiger partial charge is 0.444 e. The molecule has 3 fully saturated rings. The summed E-state index contributed by atoms with van der Waals surface area (Å²) in [5, 5.41) is 10.9. The molecule has 1 aromatic rings. The summed E-state index contributed by atoms with van der Waals surface area (Å²) in [5.41, 5.74) is 1.13. The monoisotopic (exact) mass is 444 g/mol. The minimum absolute atomic E-state index is 0.140. The van der Waals surface area contributed by atoms with Crippen LogP contribution in [0.3, 0.4) is 0 Å². The molecule has 1 amide bonds. The van der Waals surface area contributed by atoms with Crippen molar-refractivity contribution in [3.05, 3.63) is 34.4 Å². The number of anilines is 1. The van der Waals surface area contributed by atoms with Gasteiger partial charge in [0.15, 0.2) is 0 Å². The van der Waals surface area contributed by atoms with Crippen molar-refractivity contribution < 1.29 is 14.5 Å². The topological polar surface area (TPSA) is 79.2 Å². The first-order valence-corrected chi connectivity index (χ1v) is 11.9. The zero-order valence-electron chi connectivity index (χ0n) is 19.6. The van der Waals surface area contributed by atoms with Gasteiger partial charge in [0.1, 0.15) is 5.60 Å². The summed E-state index contributed by atoms with van der Waals surface area (Å²) in [4.78, 5) is 29.7. The third-order valence-corrected chi connectivity index (χ3v) is 7.41. The molecule has 176 valence electrons. The first-order valence-electron chi connectivity index (χ1n) is 11.9. The molecule has 1 aliphatic carbocycles. The highest BCUT2D eigenvalue weighted by molar-refractivity contribution is 5.68. The molecule has 0 N–H and O–H groups in total. The molecule has 1 atom stereocenters. The Morgan fingerprint density at radius 2 is 1.66 bits per heavy atom. The maximum atomic E-state index is 12.4. The van der Waals surface area contributed by atoms with Crippen LogP contribution in [0.2, 0.25) is 0 Å². The number of carbonyl (C=O) groups is 1. The predicted molar refractivity (Wildman–Crippen MR) is 124 cm³/mol. The molecule has 3 aliphatic rings. The van der Waals surface area contributed by atoms with E-state index in [1.54, 1.807) is 12.1 Å². The molecule has 0 bridgehead atoms. The van der Waals surface area contributed by atoms with Crippen molar-refractivity contribution >= 4 is 17.5 Å². The number of ether oxygens (including phenoxy) is 1. The zero-order valence-corrected chi connectivity index (χ0v) is 19.6. The van der Waals surface area contributed by atoms with Crippen molar-refractivity contribution in [2.24, 2.45) is 5.41 Å². The Labute approximate surface area is 190 Å². The number of benzene rings is 1. The number of nitro benzene ring substituents is 1. The Balaban J connectivity index is 1.25. The van der Waals surface area contributed by atoms with Gasteiger partial charge in [0.25, 0.3) is 5.69 Å². The third kappa shape index (κ3) is 5.17. The summed E-state index contributed by atoms with van der Waals surface area (Å²) in [6.45, 7) is 11.3. The van der Waals surface area contributed by atoms with Gasteiger partial charge in [-0.2, -0.15) is 0 Å². The molecular formula is C24H36N4O4. The van der Waals surface area contributed by atoms with Gasteiger partial charge >= 0.3 is 6.09 Å². The van der Waals surface area contributed by atoms with Gasteiger partial charge in [0, 0.05) is 63.1 Å². The Morgan fingerprint density at radius 1 is 1.03 bits per heavy atom. The van der Waals surface area contributed by atoms with Crippen molar-refractivity contribution in [3.8, 4) is 0 Å². The molecule has 2 saturated heterocycles. The molecule has 8 heteroatoms. The van der Waals surface area contributed by atoms with E-state index in [-0.39, 0.29) is 16.7 Å². The molecule has 2 heterocycles. The number of hydrogen-bond donors (Lipinski definition) is 0. The van der Waals surface area contributed by atoms with Crippen LogP contribution in [-0.4, -0.2) is 71.7 Å². The van der Waals surface area contributed by atoms with E-state index in [0.29, 0.717) is 11.5 Å². The Kier molecular flexibility index (Phi) is 6.34. The lowest BCUT2D eigenvalue weighted by Crippen LogP contribution is -2.50. The van der Waals surface area contributed by atoms with Gasteiger partial charge in [-0.05, 0) is 70.4 Å². The summed E-state index contributed by atoms with van der Waals surface area (Å²) < 4.78 is 5.55. The highest BCUT2D eigenvalue weighted by Gasteiger charge is 2.44. The zero-order chi connectivity index (χ0) is 22.9. The molecule has 0 aromatic heterocycles. The fourth-order valence-corrected chi connectivity index (χ4v) is 5.56. The molecule has 1 spiro atoms. The average Bonchev–Trinajstić information content (AvgIpc) is 3.16. The summed E-state index contributed by atoms with van der Waals surface area (Å²) in [5.74, 6) is 0. The van der Waals surface area contributed by atoms with E-state index < -0.39 is 5.60 Å². The van der Waals surface area contributed by atoms with Gasteiger partial charge in [-0.15, -0.1) is 0 Å². The molecule has 8 nitrogen and oxygen atoms in total. The number of carbonyl (C=O) groups excluding carboxylic acids is 1. The van der Waals surface area contributed by atoms with Gasteiger partial charge < -0.3 is 14.5 Å². The number of nitro groups is 1. The van der Waals surface area contributed by atoms with Gasteiger partial charge in [-0.1, -0.05) is 0 Å². The highest BCUT2D eigenvalue weighted by Crippen LogP contribution is 2.48. The van der Waals surface area contributed by atoms with E-state index in [1.807, 2.05) is 37.8 Å². The number of likely N-dealkylation sites (tertiary alicyclic amines) is 1. The van der Waals surface area contributed by atoms with E-state index in [4.69, 9.17) is 4.74 Å². The second-order valence-electron chi connectivity index (χ2n) is 10.7. The molecule has 2 aliphatic heterocycles. The number of hydrogen-bond acceptors (Lipinski definition) is 6. The van der Waals surface area contributed by atoms with Crippen molar-refractivity contribution in [2.45, 2.75) is 64.5 Å². The lowest BCUT2D eigenvalue weighted by molar-refractivity contribution is -0.384. The fourth-order valence-electron chi connectivity index (χ4n) is 5.56. The quantitative estimate of drug-likeness (QED) is 0.511. The van der Waals surface area contributed by atoms with Crippen LogP contribution < -0.4 is 4.90 Å². The Morgan fingerprint density at radius 3 is 2.22 bits per heavy atom. The minimum Gasteiger partial charge on any atom is -0.444 e. The summed E-state index contributed by atoms with van der Waals surface area (Å²) in [7, 11) is 0. The van der Waals surface area contributed by atoms with E-state index in [1.165, 1.54) is 19.3 Å². The van der Waals surface area contributed by atoms with Gasteiger partial charge in [0.2, 0.25) is 0 Å². The number of piperidine rings is 1. The molecule has 4 rings (SSSR count). The predicted octanol–water partition coefficient (Wildman–Crippen LogP) is 4.29. The number of piperazine rings is 1. The number of nitrogens with zero attached hydrogens (tertiary/aromatic N) is 4. The van der Waals surface area contributed by atoms with Crippen LogP contribution in [0.15, 0.2) is 24.3 Å². The van der Waals surface area contributed by atoms with Crippen molar-refractivity contribution in [2.75, 3.05) is 44.2 Å². The van der Waals surface area contributed by atoms with Crippen LogP contribution >= 0.6 is 0 Å². The summed E-state index contributed by atoms with van der Waals surface area (Å²) in [6.07, 6.45) is 5.69. The number of amides is 1. The van der Waals surface area contributed by atoms with Crippen LogP contribution in [0.5, 0.6) is 0 Å². The van der Waals surface area contributed by atoms with Crippen LogP contribution in [-0.2, 0) is 4.74 Å². The van der Waals surface area contributed by atoms with E-state index in [2.05, 4.69) is 9.80 Å². The first kappa shape index (κ1) is 22.8. The fraction of sp³-hybridized carbons (Fsp3) is 0.708. The smallest absolute Gasteiger partial charge is 0.410 e. The number of non-ortho nitro benzene ring substituents is 1. The van der Waals surface area contributed by atoms with Crippen LogP contribution in [0.25, 0.3) is 0 Å². The SMILES string of the molecule is CC(C)(C)OC(=O)N1CCC2(CCC(N3CCN(c4ccc([N+](=O)[O-])cc4)CC3)C2)CC1. The maximum Gasteiger partial charge on any atom is 0.410 e. The summed E-state index contributed by atoms with van der Waals surface area (Å²) in [6, 6.07) is 7.52. The lowest BCUT2D eigenvalue weighted by atomic mass is 9.77. The van der Waals surface area contributed by atoms with Crippen molar-refractivity contribution in [1.29, 1.82) is 0 Å². The second-order valence-corrected chi connectivity index (χ2v) is 10.7. The molecule has 1 saturated carbocycles. The number of rotatable bonds is 3. The maximum absolute atomic E-state index is 12.4. The third-order valence-electron chi connectivity index (χ3n) is 7.41. The lowest BCUT2D eigenvalue weighted by Gasteiger charge is -2.42. The standard InChI is InChI=1S/C24H36N4O4/c1-23(2,3)32-22(29)27-12-10-24(11-13-27)9-8-21(18-24)26-16-14-25(15-17-26)19-4-6-20(7-5-19)28(30)31/h4-7,21H,8-18H2,1-3H3. The van der Waals surface area contributed by atoms with E-state index in [9.17, 15) is 14.9 Å². The summed E-state index contributed by atoms with van der Waals surface area (Å²) >= 11 is 0.